The van der Waals surface area contributed by atoms with Gasteiger partial charge in [0.25, 0.3) is 0 Å². The number of hydrogen-bond donors (Lipinski definition) is 3. The molecule has 1 unspecified atom stereocenters. The standard InChI is InChI=1S/C12H25N3/c1-5-7-9-15-11(8-6-2)12(13)10(3)14-4/h6,11,14-15H,2,5,7-9,13H2,1,3-4H3/b12-10-. The topological polar surface area (TPSA) is 50.1 Å². The Morgan fingerprint density at radius 2 is 2.20 bits per heavy atom. The highest BCUT2D eigenvalue weighted by Gasteiger charge is 2.10. The second-order valence-corrected chi connectivity index (χ2v) is 3.71. The lowest BCUT2D eigenvalue weighted by atomic mass is 10.1. The number of unbranched alkanes of at least 4 members (excludes halogenated alkanes) is 1. The molecule has 0 saturated heterocycles. The highest BCUT2D eigenvalue weighted by atomic mass is 15.0. The number of allylic oxidation sites excluding steroid dienone is 1. The largest absolute Gasteiger partial charge is 0.399 e. The molecule has 0 rings (SSSR count). The van der Waals surface area contributed by atoms with Gasteiger partial charge in [0.15, 0.2) is 0 Å². The smallest absolute Gasteiger partial charge is 0.0519 e. The summed E-state index contributed by atoms with van der Waals surface area (Å²) >= 11 is 0. The molecule has 1 atom stereocenters. The average molecular weight is 211 g/mol. The van der Waals surface area contributed by atoms with Gasteiger partial charge < -0.3 is 16.4 Å². The zero-order chi connectivity index (χ0) is 11.7. The molecule has 0 aromatic carbocycles. The van der Waals surface area contributed by atoms with Crippen LogP contribution < -0.4 is 16.4 Å². The SMILES string of the molecule is C=CCC(NCCCC)/C(N)=C(\C)NC. The third-order valence-corrected chi connectivity index (χ3v) is 2.51. The van der Waals surface area contributed by atoms with Crippen LogP contribution in [0.1, 0.15) is 33.1 Å². The van der Waals surface area contributed by atoms with E-state index in [4.69, 9.17) is 5.73 Å². The van der Waals surface area contributed by atoms with Crippen molar-refractivity contribution in [2.24, 2.45) is 5.73 Å². The summed E-state index contributed by atoms with van der Waals surface area (Å²) in [5.41, 5.74) is 7.96. The molecule has 0 aliphatic heterocycles. The molecular weight excluding hydrogens is 186 g/mol. The van der Waals surface area contributed by atoms with Crippen molar-refractivity contribution in [2.75, 3.05) is 13.6 Å². The number of hydrogen-bond acceptors (Lipinski definition) is 3. The lowest BCUT2D eigenvalue weighted by Crippen LogP contribution is -2.36. The fraction of sp³-hybridized carbons (Fsp3) is 0.667. The first-order chi connectivity index (χ1) is 7.17. The summed E-state index contributed by atoms with van der Waals surface area (Å²) in [5.74, 6) is 0. The van der Waals surface area contributed by atoms with E-state index in [9.17, 15) is 0 Å². The summed E-state index contributed by atoms with van der Waals surface area (Å²) < 4.78 is 0. The minimum atomic E-state index is 0.210. The summed E-state index contributed by atoms with van der Waals surface area (Å²) in [5, 5.41) is 6.52. The quantitative estimate of drug-likeness (QED) is 0.423. The predicted octanol–water partition coefficient (Wildman–Crippen LogP) is 1.73. The Balaban J connectivity index is 4.30. The molecule has 0 heterocycles. The van der Waals surface area contributed by atoms with Gasteiger partial charge in [-0.2, -0.15) is 0 Å². The van der Waals surface area contributed by atoms with Gasteiger partial charge in [0, 0.05) is 18.4 Å². The number of nitrogens with two attached hydrogens (primary N) is 1. The van der Waals surface area contributed by atoms with Crippen molar-refractivity contribution in [1.82, 2.24) is 10.6 Å². The van der Waals surface area contributed by atoms with Crippen molar-refractivity contribution >= 4 is 0 Å². The van der Waals surface area contributed by atoms with Gasteiger partial charge in [0.1, 0.15) is 0 Å². The third kappa shape index (κ3) is 5.47. The summed E-state index contributed by atoms with van der Waals surface area (Å²) in [6, 6.07) is 0.210. The fourth-order valence-corrected chi connectivity index (χ4v) is 1.35. The lowest BCUT2D eigenvalue weighted by molar-refractivity contribution is 0.545. The van der Waals surface area contributed by atoms with E-state index in [0.717, 1.165) is 24.4 Å². The maximum absolute atomic E-state index is 6.05. The molecule has 0 fully saturated rings. The van der Waals surface area contributed by atoms with Gasteiger partial charge in [-0.1, -0.05) is 19.4 Å². The van der Waals surface area contributed by atoms with Gasteiger partial charge in [0.2, 0.25) is 0 Å². The highest BCUT2D eigenvalue weighted by Crippen LogP contribution is 2.05. The molecule has 0 aliphatic rings. The monoisotopic (exact) mass is 211 g/mol. The van der Waals surface area contributed by atoms with Crippen LogP contribution in [0.5, 0.6) is 0 Å². The maximum Gasteiger partial charge on any atom is 0.0519 e. The van der Waals surface area contributed by atoms with E-state index >= 15 is 0 Å². The van der Waals surface area contributed by atoms with Crippen LogP contribution in [0.25, 0.3) is 0 Å². The summed E-state index contributed by atoms with van der Waals surface area (Å²) in [6.07, 6.45) is 5.15. The Kier molecular flexibility index (Phi) is 7.82. The molecular formula is C12H25N3. The summed E-state index contributed by atoms with van der Waals surface area (Å²) in [7, 11) is 1.89. The van der Waals surface area contributed by atoms with Crippen molar-refractivity contribution < 1.29 is 0 Å². The van der Waals surface area contributed by atoms with E-state index < -0.39 is 0 Å². The highest BCUT2D eigenvalue weighted by molar-refractivity contribution is 5.14. The minimum Gasteiger partial charge on any atom is -0.399 e. The van der Waals surface area contributed by atoms with Crippen LogP contribution in [0, 0.1) is 0 Å². The average Bonchev–Trinajstić information content (AvgIpc) is 2.26. The van der Waals surface area contributed by atoms with Crippen LogP contribution in [-0.4, -0.2) is 19.6 Å². The van der Waals surface area contributed by atoms with Gasteiger partial charge >= 0.3 is 0 Å². The molecule has 15 heavy (non-hydrogen) atoms. The second kappa shape index (κ2) is 8.36. The van der Waals surface area contributed by atoms with Gasteiger partial charge in [0.05, 0.1) is 6.04 Å². The van der Waals surface area contributed by atoms with Crippen molar-refractivity contribution in [2.45, 2.75) is 39.2 Å². The van der Waals surface area contributed by atoms with E-state index in [1.807, 2.05) is 20.0 Å². The van der Waals surface area contributed by atoms with Gasteiger partial charge in [-0.3, -0.25) is 0 Å². The normalized spacial score (nSPS) is 14.3. The van der Waals surface area contributed by atoms with Crippen molar-refractivity contribution in [3.8, 4) is 0 Å². The maximum atomic E-state index is 6.05. The molecule has 0 aliphatic carbocycles. The summed E-state index contributed by atoms with van der Waals surface area (Å²) in [4.78, 5) is 0. The lowest BCUT2D eigenvalue weighted by Gasteiger charge is -2.20. The first-order valence-electron chi connectivity index (χ1n) is 5.65. The molecule has 0 bridgehead atoms. The Morgan fingerprint density at radius 1 is 1.53 bits per heavy atom. The van der Waals surface area contributed by atoms with E-state index in [1.165, 1.54) is 12.8 Å². The van der Waals surface area contributed by atoms with Crippen LogP contribution in [0.3, 0.4) is 0 Å². The molecule has 0 spiro atoms. The van der Waals surface area contributed by atoms with Crippen molar-refractivity contribution in [1.29, 1.82) is 0 Å². The third-order valence-electron chi connectivity index (χ3n) is 2.51. The molecule has 0 amide bonds. The second-order valence-electron chi connectivity index (χ2n) is 3.71. The molecule has 3 heteroatoms. The van der Waals surface area contributed by atoms with Crippen LogP contribution in [0.15, 0.2) is 24.0 Å². The molecule has 88 valence electrons. The molecule has 3 nitrogen and oxygen atoms in total. The van der Waals surface area contributed by atoms with E-state index in [0.29, 0.717) is 0 Å². The Labute approximate surface area is 93.8 Å². The van der Waals surface area contributed by atoms with Gasteiger partial charge in [-0.05, 0) is 26.3 Å². The van der Waals surface area contributed by atoms with Gasteiger partial charge in [-0.25, -0.2) is 0 Å². The first-order valence-corrected chi connectivity index (χ1v) is 5.65. The van der Waals surface area contributed by atoms with Crippen LogP contribution in [-0.2, 0) is 0 Å². The molecule has 0 aromatic heterocycles. The first kappa shape index (κ1) is 14.0. The van der Waals surface area contributed by atoms with Crippen LogP contribution in [0.4, 0.5) is 0 Å². The molecule has 0 saturated carbocycles. The molecule has 4 N–H and O–H groups in total. The van der Waals surface area contributed by atoms with Gasteiger partial charge in [-0.15, -0.1) is 6.58 Å². The van der Waals surface area contributed by atoms with E-state index in [-0.39, 0.29) is 6.04 Å². The Hall–Kier alpha value is -0.960. The number of nitrogens with one attached hydrogen (secondary N) is 2. The Morgan fingerprint density at radius 3 is 2.67 bits per heavy atom. The fourth-order valence-electron chi connectivity index (χ4n) is 1.35. The minimum absolute atomic E-state index is 0.210. The zero-order valence-corrected chi connectivity index (χ0v) is 10.3. The van der Waals surface area contributed by atoms with Crippen LogP contribution in [0.2, 0.25) is 0 Å². The zero-order valence-electron chi connectivity index (χ0n) is 10.3. The van der Waals surface area contributed by atoms with E-state index in [2.05, 4.69) is 24.1 Å². The molecule has 0 aromatic rings. The van der Waals surface area contributed by atoms with Crippen molar-refractivity contribution in [3.05, 3.63) is 24.0 Å². The molecule has 0 radical (unpaired) electrons. The number of rotatable bonds is 8. The summed E-state index contributed by atoms with van der Waals surface area (Å²) in [6.45, 7) is 8.94. The van der Waals surface area contributed by atoms with E-state index in [1.54, 1.807) is 0 Å². The van der Waals surface area contributed by atoms with Crippen LogP contribution >= 0.6 is 0 Å². The Bertz CT molecular complexity index is 209. The van der Waals surface area contributed by atoms with Crippen molar-refractivity contribution in [3.63, 3.8) is 0 Å². The predicted molar refractivity (Wildman–Crippen MR) is 67.5 cm³/mol.